The first-order valence-corrected chi connectivity index (χ1v) is 12.8. The normalized spacial score (nSPS) is 13.8. The maximum atomic E-state index is 13.4. The van der Waals surface area contributed by atoms with E-state index in [9.17, 15) is 4.79 Å². The Balaban J connectivity index is 1.24. The third kappa shape index (κ3) is 4.66. The number of carbonyl (C=O) groups is 1. The first kappa shape index (κ1) is 23.5. The number of imidazole rings is 1. The minimum absolute atomic E-state index is 0.00961. The summed E-state index contributed by atoms with van der Waals surface area (Å²) >= 11 is 12.9. The first-order chi connectivity index (χ1) is 18.1. The molecule has 2 aromatic heterocycles. The molecule has 6 rings (SSSR count). The molecule has 1 N–H and O–H groups in total. The number of aromatic amines is 1. The molecule has 0 saturated carbocycles. The number of anilines is 1. The van der Waals surface area contributed by atoms with Crippen molar-refractivity contribution >= 4 is 45.8 Å². The number of rotatable bonds is 4. The topological polar surface area (TPSA) is 65.1 Å². The van der Waals surface area contributed by atoms with Gasteiger partial charge in [-0.2, -0.15) is 0 Å². The Morgan fingerprint density at radius 2 is 1.57 bits per heavy atom. The summed E-state index contributed by atoms with van der Waals surface area (Å²) < 4.78 is 0. The summed E-state index contributed by atoms with van der Waals surface area (Å²) in [7, 11) is 0. The van der Waals surface area contributed by atoms with Gasteiger partial charge in [0.15, 0.2) is 0 Å². The first-order valence-electron chi connectivity index (χ1n) is 12.1. The predicted molar refractivity (Wildman–Crippen MR) is 149 cm³/mol. The van der Waals surface area contributed by atoms with Crippen LogP contribution in [0.25, 0.3) is 33.5 Å². The summed E-state index contributed by atoms with van der Waals surface area (Å²) in [5.41, 5.74) is 5.98. The Morgan fingerprint density at radius 3 is 2.35 bits per heavy atom. The number of amides is 1. The lowest BCUT2D eigenvalue weighted by molar-refractivity contribution is 0.0747. The van der Waals surface area contributed by atoms with Gasteiger partial charge in [0.2, 0.25) is 0 Å². The van der Waals surface area contributed by atoms with Gasteiger partial charge in [0.25, 0.3) is 5.91 Å². The van der Waals surface area contributed by atoms with Crippen LogP contribution < -0.4 is 4.90 Å². The van der Waals surface area contributed by atoms with Crippen molar-refractivity contribution in [2.75, 3.05) is 31.1 Å². The highest BCUT2D eigenvalue weighted by atomic mass is 35.5. The molecular formula is C29H23Cl2N5O. The zero-order chi connectivity index (χ0) is 25.4. The molecule has 8 heteroatoms. The Labute approximate surface area is 224 Å². The van der Waals surface area contributed by atoms with E-state index in [-0.39, 0.29) is 5.91 Å². The largest absolute Gasteiger partial charge is 0.368 e. The van der Waals surface area contributed by atoms with E-state index in [1.165, 1.54) is 0 Å². The second-order valence-electron chi connectivity index (χ2n) is 8.98. The molecule has 1 aliphatic rings. The average Bonchev–Trinajstić information content (AvgIpc) is 3.40. The highest BCUT2D eigenvalue weighted by Gasteiger charge is 2.23. The number of pyridine rings is 1. The standard InChI is InChI=1S/C29H23Cl2N5O/c30-24-8-7-21(29(37)36-15-13-35(14-16-36)22-9-11-32-12-10-22)18-23(24)19-3-1-4-20(17-19)28-33-26-6-2-5-25(31)27(26)34-28/h1-12,17-18H,13-16H2,(H,33,34). The summed E-state index contributed by atoms with van der Waals surface area (Å²) in [5.74, 6) is 0.732. The van der Waals surface area contributed by atoms with Crippen LogP contribution in [0.3, 0.4) is 0 Å². The van der Waals surface area contributed by atoms with Crippen LogP contribution in [0.15, 0.2) is 85.2 Å². The van der Waals surface area contributed by atoms with Crippen molar-refractivity contribution in [2.24, 2.45) is 0 Å². The quantitative estimate of drug-likeness (QED) is 0.287. The van der Waals surface area contributed by atoms with Gasteiger partial charge in [0, 0.05) is 66.0 Å². The Bertz CT molecular complexity index is 1590. The van der Waals surface area contributed by atoms with Gasteiger partial charge in [-0.1, -0.05) is 47.5 Å². The van der Waals surface area contributed by atoms with E-state index >= 15 is 0 Å². The highest BCUT2D eigenvalue weighted by molar-refractivity contribution is 6.35. The van der Waals surface area contributed by atoms with E-state index in [1.807, 2.05) is 65.6 Å². The van der Waals surface area contributed by atoms with Crippen LogP contribution in [-0.4, -0.2) is 51.9 Å². The second kappa shape index (κ2) is 9.88. The van der Waals surface area contributed by atoms with Crippen LogP contribution in [0.1, 0.15) is 10.4 Å². The summed E-state index contributed by atoms with van der Waals surface area (Å²) in [6.07, 6.45) is 3.58. The number of hydrogen-bond acceptors (Lipinski definition) is 4. The molecule has 1 aliphatic heterocycles. The van der Waals surface area contributed by atoms with Crippen LogP contribution in [-0.2, 0) is 0 Å². The minimum Gasteiger partial charge on any atom is -0.368 e. The van der Waals surface area contributed by atoms with Gasteiger partial charge in [0.05, 0.1) is 10.5 Å². The zero-order valence-electron chi connectivity index (χ0n) is 19.9. The fourth-order valence-corrected chi connectivity index (χ4v) is 5.20. The number of benzene rings is 3. The van der Waals surface area contributed by atoms with Crippen molar-refractivity contribution in [2.45, 2.75) is 0 Å². The van der Waals surface area contributed by atoms with Crippen molar-refractivity contribution in [3.05, 3.63) is 101 Å². The summed E-state index contributed by atoms with van der Waals surface area (Å²) in [6, 6.07) is 23.1. The Morgan fingerprint density at radius 1 is 0.811 bits per heavy atom. The van der Waals surface area contributed by atoms with E-state index in [4.69, 9.17) is 23.2 Å². The molecular weight excluding hydrogens is 505 g/mol. The maximum Gasteiger partial charge on any atom is 0.253 e. The molecule has 3 aromatic carbocycles. The molecule has 0 bridgehead atoms. The molecule has 0 unspecified atom stereocenters. The van der Waals surface area contributed by atoms with E-state index in [2.05, 4.69) is 19.9 Å². The van der Waals surface area contributed by atoms with E-state index in [1.54, 1.807) is 24.5 Å². The molecule has 1 saturated heterocycles. The highest BCUT2D eigenvalue weighted by Crippen LogP contribution is 2.33. The third-order valence-corrected chi connectivity index (χ3v) is 7.35. The van der Waals surface area contributed by atoms with Crippen molar-refractivity contribution in [3.8, 4) is 22.5 Å². The molecule has 1 amide bonds. The number of halogens is 2. The van der Waals surface area contributed by atoms with Crippen molar-refractivity contribution in [1.29, 1.82) is 0 Å². The van der Waals surface area contributed by atoms with Crippen molar-refractivity contribution in [3.63, 3.8) is 0 Å². The molecule has 37 heavy (non-hydrogen) atoms. The molecule has 3 heterocycles. The fourth-order valence-electron chi connectivity index (χ4n) is 4.75. The Hall–Kier alpha value is -3.87. The van der Waals surface area contributed by atoms with Gasteiger partial charge in [0.1, 0.15) is 11.3 Å². The molecule has 0 spiro atoms. The average molecular weight is 528 g/mol. The van der Waals surface area contributed by atoms with Gasteiger partial charge < -0.3 is 14.8 Å². The number of H-pyrrole nitrogens is 1. The van der Waals surface area contributed by atoms with Crippen LogP contribution in [0.2, 0.25) is 10.0 Å². The number of hydrogen-bond donors (Lipinski definition) is 1. The second-order valence-corrected chi connectivity index (χ2v) is 9.80. The number of aromatic nitrogens is 3. The van der Waals surface area contributed by atoms with Crippen LogP contribution in [0.5, 0.6) is 0 Å². The van der Waals surface area contributed by atoms with Gasteiger partial charge in [-0.15, -0.1) is 0 Å². The summed E-state index contributed by atoms with van der Waals surface area (Å²) in [5, 5.41) is 1.19. The zero-order valence-corrected chi connectivity index (χ0v) is 21.4. The van der Waals surface area contributed by atoms with Gasteiger partial charge in [-0.05, 0) is 54.1 Å². The lowest BCUT2D eigenvalue weighted by atomic mass is 10.00. The van der Waals surface area contributed by atoms with Crippen LogP contribution in [0, 0.1) is 0 Å². The molecule has 0 aliphatic carbocycles. The SMILES string of the molecule is O=C(c1ccc(Cl)c(-c2cccc(-c3nc4c(Cl)cccc4[nH]3)c2)c1)N1CCN(c2ccncc2)CC1. The fraction of sp³-hybridized carbons (Fsp3) is 0.138. The minimum atomic E-state index is 0.00961. The van der Waals surface area contributed by atoms with Crippen molar-refractivity contribution < 1.29 is 4.79 Å². The molecule has 0 atom stereocenters. The van der Waals surface area contributed by atoms with E-state index in [0.717, 1.165) is 52.3 Å². The monoisotopic (exact) mass is 527 g/mol. The van der Waals surface area contributed by atoms with Gasteiger partial charge >= 0.3 is 0 Å². The molecule has 0 radical (unpaired) electrons. The van der Waals surface area contributed by atoms with Gasteiger partial charge in [-0.3, -0.25) is 9.78 Å². The van der Waals surface area contributed by atoms with Crippen molar-refractivity contribution in [1.82, 2.24) is 19.9 Å². The number of nitrogens with one attached hydrogen (secondary N) is 1. The number of carbonyl (C=O) groups excluding carboxylic acids is 1. The van der Waals surface area contributed by atoms with Gasteiger partial charge in [-0.25, -0.2) is 4.98 Å². The van der Waals surface area contributed by atoms with Crippen LogP contribution >= 0.6 is 23.2 Å². The number of piperazine rings is 1. The summed E-state index contributed by atoms with van der Waals surface area (Å²) in [4.78, 5) is 29.7. The predicted octanol–water partition coefficient (Wildman–Crippen LogP) is 6.56. The third-order valence-electron chi connectivity index (χ3n) is 6.72. The Kier molecular flexibility index (Phi) is 6.28. The van der Waals surface area contributed by atoms with Crippen LogP contribution in [0.4, 0.5) is 5.69 Å². The van der Waals surface area contributed by atoms with E-state index in [0.29, 0.717) is 28.7 Å². The lowest BCUT2D eigenvalue weighted by Crippen LogP contribution is -2.48. The smallest absolute Gasteiger partial charge is 0.253 e. The molecule has 1 fully saturated rings. The number of para-hydroxylation sites is 1. The summed E-state index contributed by atoms with van der Waals surface area (Å²) in [6.45, 7) is 2.87. The number of fused-ring (bicyclic) bond motifs is 1. The van der Waals surface area contributed by atoms with E-state index < -0.39 is 0 Å². The number of nitrogens with zero attached hydrogens (tertiary/aromatic N) is 4. The molecule has 5 aromatic rings. The maximum absolute atomic E-state index is 13.4. The molecule has 6 nitrogen and oxygen atoms in total. The lowest BCUT2D eigenvalue weighted by Gasteiger charge is -2.36. The molecule has 184 valence electrons.